The summed E-state index contributed by atoms with van der Waals surface area (Å²) in [5, 5.41) is 18.9. The molecule has 1 amide bonds. The monoisotopic (exact) mass is 556 g/mol. The van der Waals surface area contributed by atoms with Crippen molar-refractivity contribution in [3.63, 3.8) is 0 Å². The number of carbonyl (C=O) groups is 1. The number of aromatic nitrogens is 6. The maximum absolute atomic E-state index is 13.4. The van der Waals surface area contributed by atoms with Gasteiger partial charge < -0.3 is 14.8 Å². The van der Waals surface area contributed by atoms with Crippen molar-refractivity contribution in [2.24, 2.45) is 7.05 Å². The fraction of sp³-hybridized carbons (Fsp3) is 0.182. The van der Waals surface area contributed by atoms with E-state index in [9.17, 15) is 4.79 Å². The first kappa shape index (κ1) is 26.9. The highest BCUT2D eigenvalue weighted by atomic mass is 16.1. The predicted octanol–water partition coefficient (Wildman–Crippen LogP) is 6.02. The number of aryl methyl sites for hydroxylation is 1. The summed E-state index contributed by atoms with van der Waals surface area (Å²) < 4.78 is 2.06. The topological polar surface area (TPSA) is 105 Å². The first-order valence-electron chi connectivity index (χ1n) is 14.1. The third kappa shape index (κ3) is 5.76. The molecule has 3 aromatic heterocycles. The SMILES string of the molecule is CCCN(Cc1ccccc1)c1cc(NC(=O)Cc2cn(C)c3ccccc23)cc(-c2ccccc2-c2nn[nH]n2)n1. The Balaban J connectivity index is 1.38. The van der Waals surface area contributed by atoms with Gasteiger partial charge in [-0.15, -0.1) is 10.2 Å². The third-order valence-electron chi connectivity index (χ3n) is 7.25. The van der Waals surface area contributed by atoms with Crippen molar-refractivity contribution in [3.8, 4) is 22.6 Å². The smallest absolute Gasteiger partial charge is 0.228 e. The van der Waals surface area contributed by atoms with E-state index in [2.05, 4.69) is 66.6 Å². The normalized spacial score (nSPS) is 11.1. The molecule has 210 valence electrons. The van der Waals surface area contributed by atoms with Gasteiger partial charge in [-0.1, -0.05) is 79.7 Å². The average molecular weight is 557 g/mol. The number of benzene rings is 3. The van der Waals surface area contributed by atoms with Gasteiger partial charge in [-0.3, -0.25) is 4.79 Å². The van der Waals surface area contributed by atoms with Crippen molar-refractivity contribution in [2.75, 3.05) is 16.8 Å². The number of H-pyrrole nitrogens is 1. The lowest BCUT2D eigenvalue weighted by Crippen LogP contribution is -2.25. The summed E-state index contributed by atoms with van der Waals surface area (Å²) in [6.45, 7) is 3.66. The number of nitrogens with zero attached hydrogens (tertiary/aromatic N) is 6. The van der Waals surface area contributed by atoms with Crippen LogP contribution in [0.5, 0.6) is 0 Å². The van der Waals surface area contributed by atoms with Crippen molar-refractivity contribution in [1.29, 1.82) is 0 Å². The number of nitrogens with one attached hydrogen (secondary N) is 2. The third-order valence-corrected chi connectivity index (χ3v) is 7.25. The van der Waals surface area contributed by atoms with Gasteiger partial charge in [-0.25, -0.2) is 4.98 Å². The standard InChI is InChI=1S/C33H32N8O/c1-3-17-41(21-23-11-5-4-6-12-23)31-20-25(34-32(42)18-24-22-40(2)30-16-10-9-13-26(24)30)19-29(35-31)27-14-7-8-15-28(27)33-36-38-39-37-33/h4-16,19-20,22H,3,17-18,21H2,1-2H3,(H,34,35,42)(H,36,37,38,39). The zero-order valence-corrected chi connectivity index (χ0v) is 23.7. The van der Waals surface area contributed by atoms with Gasteiger partial charge in [0.2, 0.25) is 11.7 Å². The molecule has 0 aliphatic carbocycles. The number of hydrogen-bond acceptors (Lipinski definition) is 6. The lowest BCUT2D eigenvalue weighted by molar-refractivity contribution is -0.115. The highest BCUT2D eigenvalue weighted by Gasteiger charge is 2.18. The zero-order chi connectivity index (χ0) is 28.9. The van der Waals surface area contributed by atoms with Gasteiger partial charge in [0.25, 0.3) is 0 Å². The summed E-state index contributed by atoms with van der Waals surface area (Å²) in [5.41, 5.74) is 6.31. The number of fused-ring (bicyclic) bond motifs is 1. The Morgan fingerprint density at radius 1 is 0.952 bits per heavy atom. The molecule has 42 heavy (non-hydrogen) atoms. The number of carbonyl (C=O) groups excluding carboxylic acids is 1. The van der Waals surface area contributed by atoms with Gasteiger partial charge in [0.15, 0.2) is 0 Å². The van der Waals surface area contributed by atoms with Crippen LogP contribution in [0.3, 0.4) is 0 Å². The Labute approximate surface area is 244 Å². The van der Waals surface area contributed by atoms with Crippen LogP contribution in [0, 0.1) is 0 Å². The Morgan fingerprint density at radius 2 is 1.71 bits per heavy atom. The van der Waals surface area contributed by atoms with Gasteiger partial charge in [0.05, 0.1) is 12.1 Å². The van der Waals surface area contributed by atoms with E-state index < -0.39 is 0 Å². The summed E-state index contributed by atoms with van der Waals surface area (Å²) in [4.78, 5) is 20.8. The van der Waals surface area contributed by atoms with E-state index in [4.69, 9.17) is 4.98 Å². The summed E-state index contributed by atoms with van der Waals surface area (Å²) in [6.07, 6.45) is 3.23. The molecule has 0 radical (unpaired) electrons. The quantitative estimate of drug-likeness (QED) is 0.214. The fourth-order valence-electron chi connectivity index (χ4n) is 5.36. The highest BCUT2D eigenvalue weighted by Crippen LogP contribution is 2.33. The van der Waals surface area contributed by atoms with Crippen LogP contribution >= 0.6 is 0 Å². The molecule has 2 N–H and O–H groups in total. The first-order valence-corrected chi connectivity index (χ1v) is 14.1. The van der Waals surface area contributed by atoms with Crippen LogP contribution in [-0.4, -0.2) is 42.6 Å². The van der Waals surface area contributed by atoms with E-state index in [1.165, 1.54) is 5.56 Å². The van der Waals surface area contributed by atoms with Crippen LogP contribution in [-0.2, 0) is 24.8 Å². The van der Waals surface area contributed by atoms with Crippen LogP contribution < -0.4 is 10.2 Å². The van der Waals surface area contributed by atoms with Crippen LogP contribution in [0.15, 0.2) is 97.2 Å². The molecule has 9 heteroatoms. The fourth-order valence-corrected chi connectivity index (χ4v) is 5.36. The van der Waals surface area contributed by atoms with Crippen molar-refractivity contribution in [1.82, 2.24) is 30.2 Å². The maximum Gasteiger partial charge on any atom is 0.228 e. The van der Waals surface area contributed by atoms with Gasteiger partial charge in [0, 0.05) is 60.1 Å². The van der Waals surface area contributed by atoms with Crippen LogP contribution in [0.1, 0.15) is 24.5 Å². The van der Waals surface area contributed by atoms with Crippen molar-refractivity contribution < 1.29 is 4.79 Å². The number of pyridine rings is 1. The van der Waals surface area contributed by atoms with E-state index in [1.54, 1.807) is 0 Å². The lowest BCUT2D eigenvalue weighted by Gasteiger charge is -2.25. The first-order chi connectivity index (χ1) is 20.6. The maximum atomic E-state index is 13.4. The average Bonchev–Trinajstić information content (AvgIpc) is 3.66. The van der Waals surface area contributed by atoms with Gasteiger partial charge in [-0.2, -0.15) is 5.21 Å². The number of amides is 1. The molecular weight excluding hydrogens is 524 g/mol. The molecule has 0 saturated carbocycles. The molecule has 0 aliphatic rings. The Bertz CT molecular complexity index is 1810. The Kier molecular flexibility index (Phi) is 7.72. The van der Waals surface area contributed by atoms with Crippen molar-refractivity contribution in [3.05, 3.63) is 108 Å². The van der Waals surface area contributed by atoms with Crippen LogP contribution in [0.2, 0.25) is 0 Å². The molecule has 0 atom stereocenters. The summed E-state index contributed by atoms with van der Waals surface area (Å²) in [7, 11) is 2.00. The highest BCUT2D eigenvalue weighted by molar-refractivity contribution is 5.97. The number of aromatic amines is 1. The molecule has 0 spiro atoms. The van der Waals surface area contributed by atoms with Crippen LogP contribution in [0.4, 0.5) is 11.5 Å². The summed E-state index contributed by atoms with van der Waals surface area (Å²) >= 11 is 0. The Hall–Kier alpha value is -5.31. The number of anilines is 2. The zero-order valence-electron chi connectivity index (χ0n) is 23.7. The summed E-state index contributed by atoms with van der Waals surface area (Å²) in [5.74, 6) is 1.17. The van der Waals surface area contributed by atoms with Crippen LogP contribution in [0.25, 0.3) is 33.5 Å². The summed E-state index contributed by atoms with van der Waals surface area (Å²) in [6, 6.07) is 30.2. The molecule has 9 nitrogen and oxygen atoms in total. The van der Waals surface area contributed by atoms with E-state index in [0.717, 1.165) is 46.4 Å². The Morgan fingerprint density at radius 3 is 2.50 bits per heavy atom. The van der Waals surface area contributed by atoms with Gasteiger partial charge in [-0.05, 0) is 34.9 Å². The van der Waals surface area contributed by atoms with Crippen molar-refractivity contribution in [2.45, 2.75) is 26.3 Å². The number of para-hydroxylation sites is 1. The second kappa shape index (κ2) is 12.1. The molecule has 0 fully saturated rings. The largest absolute Gasteiger partial charge is 0.352 e. The molecule has 0 aliphatic heterocycles. The minimum Gasteiger partial charge on any atom is -0.352 e. The van der Waals surface area contributed by atoms with Crippen molar-refractivity contribution >= 4 is 28.3 Å². The molecule has 3 heterocycles. The number of hydrogen-bond donors (Lipinski definition) is 2. The molecule has 0 saturated heterocycles. The second-order valence-corrected chi connectivity index (χ2v) is 10.3. The van der Waals surface area contributed by atoms with Gasteiger partial charge >= 0.3 is 0 Å². The molecule has 6 rings (SSSR count). The van der Waals surface area contributed by atoms with E-state index in [-0.39, 0.29) is 12.3 Å². The molecule has 3 aromatic carbocycles. The molecular formula is C33H32N8O. The second-order valence-electron chi connectivity index (χ2n) is 10.3. The number of rotatable bonds is 10. The van der Waals surface area contributed by atoms with E-state index in [1.807, 2.05) is 80.0 Å². The molecule has 0 unspecified atom stereocenters. The lowest BCUT2D eigenvalue weighted by atomic mass is 10.0. The van der Waals surface area contributed by atoms with E-state index >= 15 is 0 Å². The molecule has 6 aromatic rings. The predicted molar refractivity (Wildman–Crippen MR) is 166 cm³/mol. The van der Waals surface area contributed by atoms with Gasteiger partial charge in [0.1, 0.15) is 5.82 Å². The minimum absolute atomic E-state index is 0.0917. The molecule has 0 bridgehead atoms. The minimum atomic E-state index is -0.0917. The number of tetrazole rings is 1. The van der Waals surface area contributed by atoms with E-state index in [0.29, 0.717) is 23.8 Å².